The Morgan fingerprint density at radius 2 is 1.77 bits per heavy atom. The number of ketones is 1. The normalized spacial score (nSPS) is 32.0. The van der Waals surface area contributed by atoms with E-state index in [0.717, 1.165) is 59.2 Å². The van der Waals surface area contributed by atoms with Crippen molar-refractivity contribution in [2.45, 2.75) is 153 Å². The summed E-state index contributed by atoms with van der Waals surface area (Å²) in [6, 6.07) is 12.8. The minimum Gasteiger partial charge on any atom is -0.396 e. The maximum Gasteiger partial charge on any atom is 0.243 e. The summed E-state index contributed by atoms with van der Waals surface area (Å²) in [7, 11) is 0. The number of fused-ring (bicyclic) bond motifs is 4. The zero-order chi connectivity index (χ0) is 50.0. The molecule has 378 valence electrons. The molecule has 0 radical (unpaired) electrons. The lowest BCUT2D eigenvalue weighted by Crippen LogP contribution is -2.59. The number of rotatable bonds is 6. The smallest absolute Gasteiger partial charge is 0.243 e. The second-order valence-corrected chi connectivity index (χ2v) is 20.8. The number of carbonyl (C=O) groups excluding carboxylic acids is 2. The molecule has 1 amide bonds. The predicted molar refractivity (Wildman–Crippen MR) is 274 cm³/mol. The van der Waals surface area contributed by atoms with Gasteiger partial charge in [0.15, 0.2) is 5.78 Å². The van der Waals surface area contributed by atoms with Crippen molar-refractivity contribution in [3.63, 3.8) is 0 Å². The number of benzene rings is 2. The summed E-state index contributed by atoms with van der Waals surface area (Å²) in [6.07, 6.45) is 11.9. The Hall–Kier alpha value is -4.52. The molecule has 2 fully saturated rings. The van der Waals surface area contributed by atoms with Gasteiger partial charge in [-0.1, -0.05) is 96.3 Å². The summed E-state index contributed by atoms with van der Waals surface area (Å²) < 4.78 is 6.22. The number of amides is 1. The first kappa shape index (κ1) is 53.3. The van der Waals surface area contributed by atoms with Crippen LogP contribution in [0.4, 0.5) is 0 Å². The highest BCUT2D eigenvalue weighted by molar-refractivity contribution is 5.98. The molecule has 2 aromatic carbocycles. The van der Waals surface area contributed by atoms with Gasteiger partial charge in [-0.25, -0.2) is 0 Å². The summed E-state index contributed by atoms with van der Waals surface area (Å²) in [5.41, 5.74) is 12.5. The molecule has 0 aromatic heterocycles. The molecule has 5 aliphatic rings. The first-order valence-electron chi connectivity index (χ1n) is 25.7. The van der Waals surface area contributed by atoms with E-state index in [0.29, 0.717) is 86.5 Å². The number of ether oxygens (including phenoxy) is 1. The van der Waals surface area contributed by atoms with Crippen LogP contribution in [-0.4, -0.2) is 100 Å². The van der Waals surface area contributed by atoms with Crippen molar-refractivity contribution in [2.75, 3.05) is 32.9 Å². The number of aliphatic hydroxyl groups excluding tert-OH is 4. The van der Waals surface area contributed by atoms with E-state index >= 15 is 0 Å². The first-order chi connectivity index (χ1) is 33.6. The molecule has 10 N–H and O–H groups in total. The third-order valence-electron chi connectivity index (χ3n) is 16.1. The molecule has 10 atom stereocenters. The van der Waals surface area contributed by atoms with Crippen LogP contribution in [0, 0.1) is 29.1 Å². The monoisotopic (exact) mass is 959 g/mol. The molecule has 0 saturated heterocycles. The van der Waals surface area contributed by atoms with Crippen molar-refractivity contribution in [1.82, 2.24) is 16.0 Å². The topological polar surface area (TPSA) is 207 Å². The lowest BCUT2D eigenvalue weighted by atomic mass is 9.52. The third-order valence-corrected chi connectivity index (χ3v) is 16.1. The van der Waals surface area contributed by atoms with Crippen molar-refractivity contribution in [2.24, 2.45) is 23.0 Å². The number of aliphatic hydroxyl groups is 5. The molecule has 7 rings (SSSR count). The van der Waals surface area contributed by atoms with E-state index in [9.17, 15) is 35.1 Å². The van der Waals surface area contributed by atoms with E-state index in [1.54, 1.807) is 0 Å². The van der Waals surface area contributed by atoms with Gasteiger partial charge in [0.25, 0.3) is 0 Å². The van der Waals surface area contributed by atoms with Crippen LogP contribution in [0.5, 0.6) is 0 Å². The molecule has 70 heavy (non-hydrogen) atoms. The number of unbranched alkanes of at least 4 members (excludes halogenated alkanes) is 1. The lowest BCUT2D eigenvalue weighted by Gasteiger charge is -2.56. The summed E-state index contributed by atoms with van der Waals surface area (Å²) in [4.78, 5) is 28.5. The molecule has 3 aliphatic heterocycles. The van der Waals surface area contributed by atoms with Crippen molar-refractivity contribution < 1.29 is 39.9 Å². The highest BCUT2D eigenvalue weighted by Crippen LogP contribution is 2.63. The van der Waals surface area contributed by atoms with Crippen molar-refractivity contribution >= 4 is 11.7 Å². The Morgan fingerprint density at radius 3 is 2.59 bits per heavy atom. The number of nitrogens with one attached hydrogen (secondary N) is 3. The second kappa shape index (κ2) is 24.3. The van der Waals surface area contributed by atoms with Gasteiger partial charge in [-0.15, -0.1) is 0 Å². The minimum absolute atomic E-state index is 0.00277. The molecule has 10 unspecified atom stereocenters. The first-order valence-corrected chi connectivity index (χ1v) is 25.7. The van der Waals surface area contributed by atoms with Gasteiger partial charge in [0.1, 0.15) is 18.8 Å². The molecular weight excluding hydrogens is 881 g/mol. The molecule has 2 aromatic rings. The van der Waals surface area contributed by atoms with Crippen LogP contribution in [0.1, 0.15) is 131 Å². The predicted octanol–water partition coefficient (Wildman–Crippen LogP) is 5.97. The maximum atomic E-state index is 14.9. The number of Topliss-reactive ketones (excluding diaryl/α,β-unsaturated/α-hetero) is 1. The van der Waals surface area contributed by atoms with E-state index in [1.807, 2.05) is 68.5 Å². The molecule has 3 heterocycles. The number of allylic oxidation sites excluding steroid dienone is 5. The Bertz CT molecular complexity index is 2390. The Balaban J connectivity index is 1.26. The van der Waals surface area contributed by atoms with Gasteiger partial charge in [0, 0.05) is 43.4 Å². The van der Waals surface area contributed by atoms with Crippen LogP contribution in [0.25, 0.3) is 0 Å². The number of carbonyl (C=O) groups is 2. The Labute approximate surface area is 415 Å². The molecular formula is C58H78N4O8. The standard InChI is InChI=1S/C58H78N4O8/c1-37-12-5-8-31-70-36-43(17-9-13-38(2)50(24-19-37)60-29-6-7-30-63)47-26-28-58(54(47)67)49-23-22-44(64)33-41-15-10-14-40(32-41)20-21-45(65)35-61-53-52-42(16-11-18-48(52)55(59)62-56(53)68)34-51(66)39(3)46(49)25-27-57(58,4)69/h9-11,13-19,32,44-45,47,49-50,53-55,60-61,63-65,67,69H,2,6-7,12,20-31,33-36,59H2,1,3-4H3,(H,62,68). The van der Waals surface area contributed by atoms with Crippen LogP contribution in [0.2, 0.25) is 0 Å². The quantitative estimate of drug-likeness (QED) is 0.0937. The lowest BCUT2D eigenvalue weighted by molar-refractivity contribution is -0.168. The Morgan fingerprint density at radius 1 is 0.971 bits per heavy atom. The van der Waals surface area contributed by atoms with Crippen molar-refractivity contribution in [3.8, 4) is 11.8 Å². The molecule has 12 nitrogen and oxygen atoms in total. The SMILES string of the molecule is C=C1C=CC=C(C2CCC3(C4CCC(O)Cc5cccc(c5)CCC(O)CNC5C(=O)NC(N)c6cccc(c65)CC(=O)C(C)=C4CCC3(C)O)C2O)COCC#CCC(C)=CCC1NCCCCO. The fourth-order valence-corrected chi connectivity index (χ4v) is 12.1. The van der Waals surface area contributed by atoms with Crippen LogP contribution < -0.4 is 21.7 Å². The fourth-order valence-electron chi connectivity index (χ4n) is 12.1. The summed E-state index contributed by atoms with van der Waals surface area (Å²) in [6.45, 7) is 11.7. The summed E-state index contributed by atoms with van der Waals surface area (Å²) in [5.74, 6) is 5.11. The fraction of sp³-hybridized carbons (Fsp3) is 0.552. The highest BCUT2D eigenvalue weighted by atomic mass is 16.5. The van der Waals surface area contributed by atoms with Crippen LogP contribution in [0.15, 0.2) is 101 Å². The van der Waals surface area contributed by atoms with Gasteiger partial charge in [-0.3, -0.25) is 14.9 Å². The van der Waals surface area contributed by atoms with Crippen LogP contribution >= 0.6 is 0 Å². The number of β-amino-alcohol motifs (C(OH)–C–C–N with tert-alkyl or cyclic N) is 1. The van der Waals surface area contributed by atoms with Crippen LogP contribution in [0.3, 0.4) is 0 Å². The molecule has 2 bridgehead atoms. The molecule has 1 spiro atoms. The average molecular weight is 959 g/mol. The largest absolute Gasteiger partial charge is 0.396 e. The number of nitrogens with two attached hydrogens (primary N) is 1. The Kier molecular flexibility index (Phi) is 18.5. The molecule has 2 saturated carbocycles. The minimum atomic E-state index is -1.33. The van der Waals surface area contributed by atoms with Gasteiger partial charge >= 0.3 is 0 Å². The second-order valence-electron chi connectivity index (χ2n) is 20.8. The number of hydrogen-bond acceptors (Lipinski definition) is 11. The average Bonchev–Trinajstić information content (AvgIpc) is 3.67. The van der Waals surface area contributed by atoms with Crippen molar-refractivity contribution in [1.29, 1.82) is 0 Å². The van der Waals surface area contributed by atoms with Crippen LogP contribution in [-0.2, 0) is 33.6 Å². The van der Waals surface area contributed by atoms with Gasteiger partial charge in [-0.2, -0.15) is 0 Å². The van der Waals surface area contributed by atoms with E-state index < -0.39 is 47.5 Å². The van der Waals surface area contributed by atoms with E-state index in [-0.39, 0.29) is 56.4 Å². The zero-order valence-electron chi connectivity index (χ0n) is 41.6. The molecule has 12 heteroatoms. The van der Waals surface area contributed by atoms with E-state index in [1.165, 1.54) is 0 Å². The van der Waals surface area contributed by atoms with Gasteiger partial charge in [0.2, 0.25) is 5.91 Å². The van der Waals surface area contributed by atoms with E-state index in [4.69, 9.17) is 10.5 Å². The summed E-state index contributed by atoms with van der Waals surface area (Å²) in [5, 5.41) is 68.0. The van der Waals surface area contributed by atoms with Gasteiger partial charge < -0.3 is 46.6 Å². The summed E-state index contributed by atoms with van der Waals surface area (Å²) >= 11 is 0. The molecule has 2 aliphatic carbocycles. The number of hydrogen-bond donors (Lipinski definition) is 9. The van der Waals surface area contributed by atoms with Gasteiger partial charge in [-0.05, 0) is 155 Å². The maximum absolute atomic E-state index is 14.9. The third kappa shape index (κ3) is 12.4. The van der Waals surface area contributed by atoms with Crippen molar-refractivity contribution in [3.05, 3.63) is 129 Å². The zero-order valence-corrected chi connectivity index (χ0v) is 41.6. The highest BCUT2D eigenvalue weighted by Gasteiger charge is 2.64. The number of aryl methyl sites for hydroxylation is 1. The van der Waals surface area contributed by atoms with E-state index in [2.05, 4.69) is 53.4 Å². The van der Waals surface area contributed by atoms with Gasteiger partial charge in [0.05, 0.1) is 30.5 Å².